The number of halogens is 1. The van der Waals surface area contributed by atoms with E-state index in [4.69, 9.17) is 19.8 Å². The van der Waals surface area contributed by atoms with Gasteiger partial charge in [0.1, 0.15) is 12.4 Å². The van der Waals surface area contributed by atoms with Crippen molar-refractivity contribution in [2.75, 3.05) is 6.61 Å². The first-order chi connectivity index (χ1) is 17.9. The third-order valence-electron chi connectivity index (χ3n) is 5.12. The third-order valence-corrected chi connectivity index (χ3v) is 5.12. The van der Waals surface area contributed by atoms with Crippen LogP contribution in [0.15, 0.2) is 72.4 Å². The molecule has 0 heterocycles. The Labute approximate surface area is 213 Å². The van der Waals surface area contributed by atoms with Crippen molar-refractivity contribution in [3.8, 4) is 17.6 Å². The van der Waals surface area contributed by atoms with Crippen molar-refractivity contribution in [1.82, 2.24) is 5.43 Å². The maximum absolute atomic E-state index is 14.1. The van der Waals surface area contributed by atoms with Crippen molar-refractivity contribution in [3.63, 3.8) is 0 Å². The van der Waals surface area contributed by atoms with Crippen molar-refractivity contribution >= 4 is 18.1 Å². The van der Waals surface area contributed by atoms with Crippen molar-refractivity contribution in [1.29, 1.82) is 5.26 Å². The van der Waals surface area contributed by atoms with E-state index in [0.717, 1.165) is 17.2 Å². The Morgan fingerprint density at radius 2 is 1.92 bits per heavy atom. The fourth-order valence-corrected chi connectivity index (χ4v) is 3.39. The van der Waals surface area contributed by atoms with Crippen molar-refractivity contribution < 1.29 is 28.6 Å². The van der Waals surface area contributed by atoms with Crippen LogP contribution in [0.2, 0.25) is 0 Å². The van der Waals surface area contributed by atoms with E-state index < -0.39 is 17.7 Å². The van der Waals surface area contributed by atoms with Crippen molar-refractivity contribution in [3.05, 3.63) is 106 Å². The Morgan fingerprint density at radius 1 is 1.16 bits per heavy atom. The summed E-state index contributed by atoms with van der Waals surface area (Å²) in [6.45, 7) is 6.17. The maximum Gasteiger partial charge on any atom is 0.335 e. The van der Waals surface area contributed by atoms with Gasteiger partial charge in [-0.2, -0.15) is 10.4 Å². The molecule has 3 aromatic rings. The van der Waals surface area contributed by atoms with E-state index in [1.807, 2.05) is 6.92 Å². The zero-order chi connectivity index (χ0) is 26.8. The molecule has 3 rings (SSSR count). The molecule has 188 valence electrons. The molecule has 3 aromatic carbocycles. The summed E-state index contributed by atoms with van der Waals surface area (Å²) in [5.41, 5.74) is 4.46. The van der Waals surface area contributed by atoms with Crippen LogP contribution in [0.3, 0.4) is 0 Å². The minimum Gasteiger partial charge on any atom is -0.490 e. The summed E-state index contributed by atoms with van der Waals surface area (Å²) in [5.74, 6) is -1.63. The van der Waals surface area contributed by atoms with Gasteiger partial charge in [-0.3, -0.25) is 4.79 Å². The molecule has 0 aliphatic carbocycles. The molecule has 0 saturated carbocycles. The summed E-state index contributed by atoms with van der Waals surface area (Å²) in [6.07, 6.45) is 3.55. The molecular formula is C28H24FN3O5. The minimum absolute atomic E-state index is 0.107. The van der Waals surface area contributed by atoms with Gasteiger partial charge in [-0.25, -0.2) is 14.6 Å². The number of nitriles is 1. The van der Waals surface area contributed by atoms with Gasteiger partial charge in [0.25, 0.3) is 5.91 Å². The molecule has 0 radical (unpaired) electrons. The molecule has 2 N–H and O–H groups in total. The standard InChI is InChI=1S/C28H24FN3O5/c1-3-5-22-12-20(16-31-32-27(33)23-11-8-19(15-30)13-24(23)29)14-25(36-4-2)26(22)37-17-18-6-9-21(10-7-18)28(34)35/h3,6-14,16H,1,4-5,17H2,2H3,(H,32,33)(H,34,35)/b31-16-. The Hall–Kier alpha value is -4.97. The Kier molecular flexibility index (Phi) is 9.11. The number of nitrogens with zero attached hydrogens (tertiary/aromatic N) is 2. The molecule has 0 aliphatic heterocycles. The summed E-state index contributed by atoms with van der Waals surface area (Å²) in [6, 6.07) is 15.2. The van der Waals surface area contributed by atoms with Gasteiger partial charge in [-0.05, 0) is 66.9 Å². The molecule has 1 amide bonds. The predicted molar refractivity (Wildman–Crippen MR) is 135 cm³/mol. The number of amides is 1. The number of nitrogens with one attached hydrogen (secondary N) is 1. The van der Waals surface area contributed by atoms with E-state index in [1.165, 1.54) is 30.5 Å². The van der Waals surface area contributed by atoms with Crippen molar-refractivity contribution in [2.45, 2.75) is 20.0 Å². The second-order valence-corrected chi connectivity index (χ2v) is 7.73. The molecule has 0 spiro atoms. The molecule has 0 bridgehead atoms. The Morgan fingerprint density at radius 3 is 2.54 bits per heavy atom. The lowest BCUT2D eigenvalue weighted by molar-refractivity contribution is 0.0696. The zero-order valence-electron chi connectivity index (χ0n) is 20.0. The molecule has 0 unspecified atom stereocenters. The van der Waals surface area contributed by atoms with E-state index >= 15 is 0 Å². The number of aromatic carboxylic acids is 1. The first kappa shape index (κ1) is 26.6. The molecule has 0 atom stereocenters. The highest BCUT2D eigenvalue weighted by Crippen LogP contribution is 2.34. The summed E-state index contributed by atoms with van der Waals surface area (Å²) in [7, 11) is 0. The number of carbonyl (C=O) groups is 2. The number of hydrazone groups is 1. The maximum atomic E-state index is 14.1. The fourth-order valence-electron chi connectivity index (χ4n) is 3.39. The van der Waals surface area contributed by atoms with E-state index in [2.05, 4.69) is 17.1 Å². The third kappa shape index (κ3) is 7.02. The molecule has 0 aromatic heterocycles. The minimum atomic E-state index is -1.00. The van der Waals surface area contributed by atoms with Crippen LogP contribution in [0.5, 0.6) is 11.5 Å². The first-order valence-electron chi connectivity index (χ1n) is 11.2. The van der Waals surface area contributed by atoms with Crippen molar-refractivity contribution in [2.24, 2.45) is 5.10 Å². The number of carboxylic acid groups (broad SMARTS) is 1. The van der Waals surface area contributed by atoms with Gasteiger partial charge >= 0.3 is 5.97 Å². The average Bonchev–Trinajstić information content (AvgIpc) is 2.88. The van der Waals surface area contributed by atoms with Crippen LogP contribution >= 0.6 is 0 Å². The summed E-state index contributed by atoms with van der Waals surface area (Å²) >= 11 is 0. The number of rotatable bonds is 11. The zero-order valence-corrected chi connectivity index (χ0v) is 20.0. The van der Waals surface area contributed by atoms with Gasteiger partial charge in [-0.15, -0.1) is 6.58 Å². The predicted octanol–water partition coefficient (Wildman–Crippen LogP) is 4.87. The van der Waals surface area contributed by atoms with Gasteiger partial charge in [-0.1, -0.05) is 18.2 Å². The molecule has 0 fully saturated rings. The highest BCUT2D eigenvalue weighted by molar-refractivity contribution is 5.95. The normalized spacial score (nSPS) is 10.5. The molecule has 0 saturated heterocycles. The molecule has 9 heteroatoms. The van der Waals surface area contributed by atoms with Gasteiger partial charge in [0.15, 0.2) is 11.5 Å². The number of hydrogen-bond acceptors (Lipinski definition) is 6. The molecule has 0 aliphatic rings. The number of ether oxygens (including phenoxy) is 2. The average molecular weight is 502 g/mol. The summed E-state index contributed by atoms with van der Waals surface area (Å²) in [4.78, 5) is 23.3. The van der Waals surface area contributed by atoms with Gasteiger partial charge in [0.05, 0.1) is 35.6 Å². The van der Waals surface area contributed by atoms with Gasteiger partial charge in [0.2, 0.25) is 0 Å². The van der Waals surface area contributed by atoms with E-state index in [9.17, 15) is 14.0 Å². The summed E-state index contributed by atoms with van der Waals surface area (Å²) < 4.78 is 25.9. The number of allylic oxidation sites excluding steroid dienone is 1. The lowest BCUT2D eigenvalue weighted by Gasteiger charge is -2.17. The first-order valence-corrected chi connectivity index (χ1v) is 11.2. The Balaban J connectivity index is 1.80. The SMILES string of the molecule is C=CCc1cc(/C=N\NC(=O)c2ccc(C#N)cc2F)cc(OCC)c1OCc1ccc(C(=O)O)cc1. The lowest BCUT2D eigenvalue weighted by atomic mass is 10.1. The van der Waals surface area contributed by atoms with Gasteiger partial charge < -0.3 is 14.6 Å². The Bertz CT molecular complexity index is 1380. The van der Waals surface area contributed by atoms with Crippen LogP contribution in [0, 0.1) is 17.1 Å². The molecule has 37 heavy (non-hydrogen) atoms. The number of hydrogen-bond donors (Lipinski definition) is 2. The highest BCUT2D eigenvalue weighted by atomic mass is 19.1. The second kappa shape index (κ2) is 12.7. The lowest BCUT2D eigenvalue weighted by Crippen LogP contribution is -2.19. The molecular weight excluding hydrogens is 477 g/mol. The van der Waals surface area contributed by atoms with Crippen LogP contribution in [-0.4, -0.2) is 29.8 Å². The van der Waals surface area contributed by atoms with Gasteiger partial charge in [0, 0.05) is 5.56 Å². The topological polar surface area (TPSA) is 121 Å². The summed E-state index contributed by atoms with van der Waals surface area (Å²) in [5, 5.41) is 21.8. The second-order valence-electron chi connectivity index (χ2n) is 7.73. The fraction of sp³-hybridized carbons (Fsp3) is 0.143. The van der Waals surface area contributed by atoms with E-state index in [1.54, 1.807) is 36.4 Å². The smallest absolute Gasteiger partial charge is 0.335 e. The monoisotopic (exact) mass is 501 g/mol. The number of carbonyl (C=O) groups excluding carboxylic acids is 1. The quantitative estimate of drug-likeness (QED) is 0.220. The molecule has 8 nitrogen and oxygen atoms in total. The van der Waals surface area contributed by atoms with E-state index in [0.29, 0.717) is 30.1 Å². The van der Waals surface area contributed by atoms with Crippen LogP contribution < -0.4 is 14.9 Å². The van der Waals surface area contributed by atoms with Crippen LogP contribution in [-0.2, 0) is 13.0 Å². The van der Waals surface area contributed by atoms with Crippen LogP contribution in [0.4, 0.5) is 4.39 Å². The highest BCUT2D eigenvalue weighted by Gasteiger charge is 2.15. The number of benzene rings is 3. The van der Waals surface area contributed by atoms with Crippen LogP contribution in [0.25, 0.3) is 0 Å². The largest absolute Gasteiger partial charge is 0.490 e. The van der Waals surface area contributed by atoms with E-state index in [-0.39, 0.29) is 23.3 Å². The number of carboxylic acids is 1. The van der Waals surface area contributed by atoms with Crippen LogP contribution in [0.1, 0.15) is 49.9 Å².